The van der Waals surface area contributed by atoms with Crippen LogP contribution in [-0.4, -0.2) is 0 Å². The molecule has 0 aromatic heterocycles. The molecule has 0 aliphatic rings. The van der Waals surface area contributed by atoms with Crippen LogP contribution in [0.15, 0.2) is 84.9 Å². The molecular weight excluding hydrogens is 323 g/mol. The SMILES string of the molecule is Clc1ccc(C(C=Cc2ccccc2)c2ccc(Cl)cc2)cc1. The molecule has 23 heavy (non-hydrogen) atoms. The lowest BCUT2D eigenvalue weighted by atomic mass is 9.90. The molecular formula is C21H16Cl2. The first-order chi connectivity index (χ1) is 11.2. The smallest absolute Gasteiger partial charge is 0.0406 e. The maximum atomic E-state index is 6.02. The van der Waals surface area contributed by atoms with Crippen LogP contribution in [0.4, 0.5) is 0 Å². The van der Waals surface area contributed by atoms with E-state index in [9.17, 15) is 0 Å². The second-order valence-corrected chi connectivity index (χ2v) is 6.22. The maximum Gasteiger partial charge on any atom is 0.0406 e. The first-order valence-electron chi connectivity index (χ1n) is 7.46. The summed E-state index contributed by atoms with van der Waals surface area (Å²) in [5.41, 5.74) is 3.58. The zero-order chi connectivity index (χ0) is 16.1. The molecule has 0 saturated heterocycles. The molecule has 0 saturated carbocycles. The van der Waals surface area contributed by atoms with Crippen LogP contribution in [0.1, 0.15) is 22.6 Å². The summed E-state index contributed by atoms with van der Waals surface area (Å²) in [7, 11) is 0. The van der Waals surface area contributed by atoms with Gasteiger partial charge in [0.1, 0.15) is 0 Å². The molecule has 0 radical (unpaired) electrons. The van der Waals surface area contributed by atoms with Gasteiger partial charge in [-0.05, 0) is 41.0 Å². The van der Waals surface area contributed by atoms with Crippen LogP contribution in [0.25, 0.3) is 6.08 Å². The van der Waals surface area contributed by atoms with Gasteiger partial charge in [-0.3, -0.25) is 0 Å². The molecule has 0 nitrogen and oxygen atoms in total. The van der Waals surface area contributed by atoms with Crippen molar-refractivity contribution >= 4 is 29.3 Å². The Morgan fingerprint density at radius 1 is 0.609 bits per heavy atom. The van der Waals surface area contributed by atoms with Crippen LogP contribution in [-0.2, 0) is 0 Å². The van der Waals surface area contributed by atoms with E-state index >= 15 is 0 Å². The van der Waals surface area contributed by atoms with Crippen molar-refractivity contribution in [2.75, 3.05) is 0 Å². The summed E-state index contributed by atoms with van der Waals surface area (Å²) in [5, 5.41) is 1.49. The highest BCUT2D eigenvalue weighted by Crippen LogP contribution is 2.29. The summed E-state index contributed by atoms with van der Waals surface area (Å²) in [5.74, 6) is 0.157. The molecule has 2 heteroatoms. The van der Waals surface area contributed by atoms with Gasteiger partial charge in [-0.25, -0.2) is 0 Å². The van der Waals surface area contributed by atoms with Gasteiger partial charge in [0.15, 0.2) is 0 Å². The van der Waals surface area contributed by atoms with Crippen LogP contribution in [0.5, 0.6) is 0 Å². The highest BCUT2D eigenvalue weighted by atomic mass is 35.5. The van der Waals surface area contributed by atoms with E-state index in [0.29, 0.717) is 0 Å². The van der Waals surface area contributed by atoms with Crippen LogP contribution < -0.4 is 0 Å². The normalized spacial score (nSPS) is 11.3. The van der Waals surface area contributed by atoms with Gasteiger partial charge in [0, 0.05) is 16.0 Å². The molecule has 0 aliphatic heterocycles. The average molecular weight is 339 g/mol. The van der Waals surface area contributed by atoms with Crippen LogP contribution in [0.3, 0.4) is 0 Å². The van der Waals surface area contributed by atoms with Gasteiger partial charge in [-0.1, -0.05) is 90.0 Å². The number of hydrogen-bond acceptors (Lipinski definition) is 0. The predicted molar refractivity (Wildman–Crippen MR) is 100 cm³/mol. The largest absolute Gasteiger partial charge is 0.0843 e. The molecule has 0 unspecified atom stereocenters. The Bertz CT molecular complexity index is 727. The molecule has 0 heterocycles. The Morgan fingerprint density at radius 3 is 1.57 bits per heavy atom. The molecule has 3 aromatic rings. The lowest BCUT2D eigenvalue weighted by molar-refractivity contribution is 1.03. The topological polar surface area (TPSA) is 0 Å². The first kappa shape index (κ1) is 15.9. The van der Waals surface area contributed by atoms with Crippen molar-refractivity contribution in [2.24, 2.45) is 0 Å². The second-order valence-electron chi connectivity index (χ2n) is 5.35. The van der Waals surface area contributed by atoms with E-state index in [-0.39, 0.29) is 5.92 Å². The molecule has 0 aliphatic carbocycles. The predicted octanol–water partition coefficient (Wildman–Crippen LogP) is 6.84. The Balaban J connectivity index is 1.97. The van der Waals surface area contributed by atoms with Crippen molar-refractivity contribution in [1.29, 1.82) is 0 Å². The molecule has 0 fully saturated rings. The summed E-state index contributed by atoms with van der Waals surface area (Å²) < 4.78 is 0. The first-order valence-corrected chi connectivity index (χ1v) is 8.22. The second kappa shape index (κ2) is 7.50. The average Bonchev–Trinajstić information content (AvgIpc) is 2.59. The van der Waals surface area contributed by atoms with Gasteiger partial charge < -0.3 is 0 Å². The van der Waals surface area contributed by atoms with Crippen molar-refractivity contribution in [3.63, 3.8) is 0 Å². The third-order valence-electron chi connectivity index (χ3n) is 3.74. The lowest BCUT2D eigenvalue weighted by Gasteiger charge is -2.14. The maximum absolute atomic E-state index is 6.02. The monoisotopic (exact) mass is 338 g/mol. The molecule has 3 rings (SSSR count). The van der Waals surface area contributed by atoms with Gasteiger partial charge in [-0.15, -0.1) is 0 Å². The van der Waals surface area contributed by atoms with E-state index in [1.54, 1.807) is 0 Å². The van der Waals surface area contributed by atoms with Gasteiger partial charge in [0.25, 0.3) is 0 Å². The fourth-order valence-electron chi connectivity index (χ4n) is 2.53. The zero-order valence-corrected chi connectivity index (χ0v) is 14.0. The summed E-state index contributed by atoms with van der Waals surface area (Å²) in [4.78, 5) is 0. The summed E-state index contributed by atoms with van der Waals surface area (Å²) in [6.07, 6.45) is 4.36. The van der Waals surface area contributed by atoms with E-state index < -0.39 is 0 Å². The van der Waals surface area contributed by atoms with Gasteiger partial charge in [0.2, 0.25) is 0 Å². The minimum absolute atomic E-state index is 0.157. The van der Waals surface area contributed by atoms with E-state index in [0.717, 1.165) is 10.0 Å². The molecule has 0 spiro atoms. The Labute approximate surface area is 147 Å². The van der Waals surface area contributed by atoms with Crippen molar-refractivity contribution in [1.82, 2.24) is 0 Å². The van der Waals surface area contributed by atoms with Crippen LogP contribution in [0.2, 0.25) is 10.0 Å². The van der Waals surface area contributed by atoms with Crippen molar-refractivity contribution in [3.8, 4) is 0 Å². The van der Waals surface area contributed by atoms with Crippen molar-refractivity contribution in [2.45, 2.75) is 5.92 Å². The Kier molecular flexibility index (Phi) is 5.17. The van der Waals surface area contributed by atoms with Gasteiger partial charge >= 0.3 is 0 Å². The number of hydrogen-bond donors (Lipinski definition) is 0. The molecule has 114 valence electrons. The number of benzene rings is 3. The number of halogens is 2. The fourth-order valence-corrected chi connectivity index (χ4v) is 2.78. The van der Waals surface area contributed by atoms with Crippen LogP contribution in [0, 0.1) is 0 Å². The number of allylic oxidation sites excluding steroid dienone is 1. The summed E-state index contributed by atoms with van der Waals surface area (Å²) >= 11 is 12.0. The van der Waals surface area contributed by atoms with Crippen LogP contribution >= 0.6 is 23.2 Å². The van der Waals surface area contributed by atoms with Gasteiger partial charge in [-0.2, -0.15) is 0 Å². The van der Waals surface area contributed by atoms with E-state index in [2.05, 4.69) is 48.6 Å². The molecule has 0 amide bonds. The lowest BCUT2D eigenvalue weighted by Crippen LogP contribution is -1.97. The van der Waals surface area contributed by atoms with Crippen molar-refractivity contribution < 1.29 is 0 Å². The summed E-state index contributed by atoms with van der Waals surface area (Å²) in [6.45, 7) is 0. The minimum Gasteiger partial charge on any atom is -0.0843 e. The summed E-state index contributed by atoms with van der Waals surface area (Å²) in [6, 6.07) is 26.3. The Morgan fingerprint density at radius 2 is 1.09 bits per heavy atom. The molecule has 3 aromatic carbocycles. The number of rotatable bonds is 4. The molecule has 0 bridgehead atoms. The van der Waals surface area contributed by atoms with E-state index in [1.807, 2.05) is 42.5 Å². The van der Waals surface area contributed by atoms with E-state index in [1.165, 1.54) is 16.7 Å². The fraction of sp³-hybridized carbons (Fsp3) is 0.0476. The minimum atomic E-state index is 0.157. The quantitative estimate of drug-likeness (QED) is 0.488. The van der Waals surface area contributed by atoms with Gasteiger partial charge in [0.05, 0.1) is 0 Å². The highest BCUT2D eigenvalue weighted by molar-refractivity contribution is 6.30. The molecule has 0 atom stereocenters. The van der Waals surface area contributed by atoms with Crippen molar-refractivity contribution in [3.05, 3.63) is 112 Å². The third-order valence-corrected chi connectivity index (χ3v) is 4.24. The Hall–Kier alpha value is -2.02. The third kappa shape index (κ3) is 4.25. The molecule has 0 N–H and O–H groups in total. The standard InChI is InChI=1S/C21H16Cl2/c22-19-11-7-17(8-12-19)21(18-9-13-20(23)14-10-18)15-6-16-4-2-1-3-5-16/h1-15,21H. The van der Waals surface area contributed by atoms with E-state index in [4.69, 9.17) is 23.2 Å². The zero-order valence-electron chi connectivity index (χ0n) is 12.5. The highest BCUT2D eigenvalue weighted by Gasteiger charge is 2.11.